The van der Waals surface area contributed by atoms with Crippen LogP contribution in [0.2, 0.25) is 5.02 Å². The van der Waals surface area contributed by atoms with Crippen molar-refractivity contribution in [2.75, 3.05) is 30.7 Å². The molecule has 1 fully saturated rings. The molecule has 2 aliphatic heterocycles. The Bertz CT molecular complexity index is 1300. The summed E-state index contributed by atoms with van der Waals surface area (Å²) in [7, 11) is 0. The second-order valence-corrected chi connectivity index (χ2v) is 10.5. The van der Waals surface area contributed by atoms with E-state index in [-0.39, 0.29) is 42.2 Å². The highest BCUT2D eigenvalue weighted by Crippen LogP contribution is 2.38. The fourth-order valence-corrected chi connectivity index (χ4v) is 5.54. The van der Waals surface area contributed by atoms with Crippen LogP contribution in [0.3, 0.4) is 0 Å². The van der Waals surface area contributed by atoms with Gasteiger partial charge in [0, 0.05) is 37.8 Å². The highest BCUT2D eigenvalue weighted by atomic mass is 35.5. The molecule has 2 heterocycles. The van der Waals surface area contributed by atoms with Gasteiger partial charge in [-0.15, -0.1) is 0 Å². The summed E-state index contributed by atoms with van der Waals surface area (Å²) in [6.07, 6.45) is -3.64. The lowest BCUT2D eigenvalue weighted by Gasteiger charge is -2.39. The maximum Gasteiger partial charge on any atom is 0.418 e. The Hall–Kier alpha value is -3.67. The molecule has 0 spiro atoms. The molecule has 4 rings (SSSR count). The lowest BCUT2D eigenvalue weighted by Crippen LogP contribution is -2.60. The molecule has 216 valence electrons. The number of carboxylic acids is 1. The van der Waals surface area contributed by atoms with Crippen molar-refractivity contribution >= 4 is 41.0 Å². The van der Waals surface area contributed by atoms with E-state index in [2.05, 4.69) is 10.6 Å². The molecule has 2 aromatic rings. The number of halogens is 4. The molecule has 0 unspecified atom stereocenters. The van der Waals surface area contributed by atoms with Crippen molar-refractivity contribution in [1.29, 1.82) is 0 Å². The third-order valence-electron chi connectivity index (χ3n) is 7.69. The van der Waals surface area contributed by atoms with Crippen molar-refractivity contribution < 1.29 is 32.7 Å². The van der Waals surface area contributed by atoms with Crippen LogP contribution in [0.4, 0.5) is 34.1 Å². The number of nitrogens with zero attached hydrogens (tertiary/aromatic N) is 2. The molecule has 1 saturated heterocycles. The quantitative estimate of drug-likeness (QED) is 0.358. The lowest BCUT2D eigenvalue weighted by atomic mass is 9.87. The van der Waals surface area contributed by atoms with Crippen LogP contribution in [-0.2, 0) is 23.8 Å². The van der Waals surface area contributed by atoms with E-state index in [0.717, 1.165) is 17.3 Å². The van der Waals surface area contributed by atoms with Gasteiger partial charge in [0.1, 0.15) is 5.54 Å². The van der Waals surface area contributed by atoms with Gasteiger partial charge in [-0.2, -0.15) is 13.2 Å². The zero-order valence-electron chi connectivity index (χ0n) is 21.9. The Morgan fingerprint density at radius 2 is 1.85 bits per heavy atom. The number of aliphatic carboxylic acids is 1. The van der Waals surface area contributed by atoms with Crippen LogP contribution < -0.4 is 16.4 Å². The van der Waals surface area contributed by atoms with E-state index in [1.165, 1.54) is 17.9 Å². The fraction of sp³-hybridized carbons (Fsp3) is 0.444. The number of amides is 4. The molecule has 2 aromatic carbocycles. The maximum absolute atomic E-state index is 13.5. The Morgan fingerprint density at radius 1 is 1.18 bits per heavy atom. The van der Waals surface area contributed by atoms with Gasteiger partial charge in [0.05, 0.1) is 16.3 Å². The number of piperidine rings is 1. The van der Waals surface area contributed by atoms with E-state index in [1.54, 1.807) is 4.90 Å². The summed E-state index contributed by atoms with van der Waals surface area (Å²) in [5, 5.41) is 15.2. The molecule has 13 heteroatoms. The summed E-state index contributed by atoms with van der Waals surface area (Å²) in [5.41, 5.74) is 3.60. The number of nitrogen functional groups attached to an aromatic ring is 1. The topological polar surface area (TPSA) is 128 Å². The molecule has 0 radical (unpaired) electrons. The van der Waals surface area contributed by atoms with Crippen molar-refractivity contribution in [3.8, 4) is 0 Å². The zero-order chi connectivity index (χ0) is 29.2. The van der Waals surface area contributed by atoms with E-state index in [9.17, 15) is 32.7 Å². The molecule has 0 bridgehead atoms. The molecular weight excluding hydrogens is 551 g/mol. The van der Waals surface area contributed by atoms with E-state index in [1.807, 2.05) is 24.3 Å². The normalized spacial score (nSPS) is 17.9. The minimum Gasteiger partial charge on any atom is -0.479 e. The van der Waals surface area contributed by atoms with Gasteiger partial charge >= 0.3 is 24.2 Å². The molecule has 0 aliphatic carbocycles. The Balaban J connectivity index is 1.43. The number of carbonyl (C=O) groups is 3. The second kappa shape index (κ2) is 11.4. The molecule has 0 saturated carbocycles. The maximum atomic E-state index is 13.5. The summed E-state index contributed by atoms with van der Waals surface area (Å²) in [4.78, 5) is 41.7. The monoisotopic (exact) mass is 581 g/mol. The number of rotatable bonds is 6. The van der Waals surface area contributed by atoms with Crippen LogP contribution in [0.25, 0.3) is 0 Å². The number of likely N-dealkylation sites (tertiary alicyclic amines) is 1. The predicted molar refractivity (Wildman–Crippen MR) is 144 cm³/mol. The highest BCUT2D eigenvalue weighted by Gasteiger charge is 2.42. The summed E-state index contributed by atoms with van der Waals surface area (Å²) >= 11 is 5.93. The predicted octanol–water partition coefficient (Wildman–Crippen LogP) is 4.98. The van der Waals surface area contributed by atoms with Crippen LogP contribution in [0.15, 0.2) is 36.4 Å². The first kappa shape index (κ1) is 29.3. The van der Waals surface area contributed by atoms with E-state index in [4.69, 9.17) is 17.3 Å². The highest BCUT2D eigenvalue weighted by molar-refractivity contribution is 6.33. The minimum absolute atomic E-state index is 0.0250. The van der Waals surface area contributed by atoms with Gasteiger partial charge in [-0.3, -0.25) is 0 Å². The Morgan fingerprint density at radius 3 is 2.48 bits per heavy atom. The van der Waals surface area contributed by atoms with Gasteiger partial charge in [0.15, 0.2) is 0 Å². The molecule has 4 amide bonds. The van der Waals surface area contributed by atoms with Crippen molar-refractivity contribution in [1.82, 2.24) is 15.1 Å². The number of nitrogens with one attached hydrogen (secondary N) is 2. The summed E-state index contributed by atoms with van der Waals surface area (Å²) < 4.78 is 40.4. The number of para-hydroxylation sites is 1. The summed E-state index contributed by atoms with van der Waals surface area (Å²) in [5.74, 6) is -1.39. The third-order valence-corrected chi connectivity index (χ3v) is 8.01. The van der Waals surface area contributed by atoms with Crippen molar-refractivity contribution in [3.05, 3.63) is 58.1 Å². The van der Waals surface area contributed by atoms with Crippen molar-refractivity contribution in [2.45, 2.75) is 56.8 Å². The van der Waals surface area contributed by atoms with Crippen LogP contribution in [0.1, 0.15) is 42.9 Å². The fourth-order valence-electron chi connectivity index (χ4n) is 5.30. The van der Waals surface area contributed by atoms with Crippen LogP contribution in [0.5, 0.6) is 0 Å². The molecular formula is C27H31ClF3N5O4. The number of alkyl halides is 3. The molecule has 2 aliphatic rings. The molecule has 1 atom stereocenters. The number of benzene rings is 2. The van der Waals surface area contributed by atoms with Gasteiger partial charge in [-0.05, 0) is 55.0 Å². The van der Waals surface area contributed by atoms with Crippen LogP contribution in [0, 0.1) is 0 Å². The number of urea groups is 2. The number of fused-ring (bicyclic) bond motifs is 1. The van der Waals surface area contributed by atoms with Crippen molar-refractivity contribution in [2.24, 2.45) is 0 Å². The number of nitrogens with two attached hydrogens (primary N) is 1. The smallest absolute Gasteiger partial charge is 0.418 e. The van der Waals surface area contributed by atoms with E-state index in [0.29, 0.717) is 25.8 Å². The third kappa shape index (κ3) is 6.06. The van der Waals surface area contributed by atoms with E-state index < -0.39 is 41.4 Å². The molecule has 9 nitrogen and oxygen atoms in total. The SMILES string of the molecule is CC[C@](Cc1cc(Cl)c(N)c(C(F)(F)F)c1)(NC(=O)N1CCC(N2CCc3ccccc3NC2=O)CC1)C(=O)O. The first-order valence-corrected chi connectivity index (χ1v) is 13.3. The molecule has 5 N–H and O–H groups in total. The van der Waals surface area contributed by atoms with Gasteiger partial charge in [-0.25, -0.2) is 14.4 Å². The molecule has 0 aromatic heterocycles. The first-order chi connectivity index (χ1) is 18.8. The van der Waals surface area contributed by atoms with E-state index >= 15 is 0 Å². The van der Waals surface area contributed by atoms with Gasteiger partial charge in [0.2, 0.25) is 0 Å². The Kier molecular flexibility index (Phi) is 8.38. The first-order valence-electron chi connectivity index (χ1n) is 13.0. The number of carboxylic acid groups (broad SMARTS) is 1. The van der Waals surface area contributed by atoms with Crippen molar-refractivity contribution in [3.63, 3.8) is 0 Å². The Labute approximate surface area is 234 Å². The number of carbonyl (C=O) groups excluding carboxylic acids is 2. The standard InChI is InChI=1S/C27H31ClF3N5O4/c1-2-26(23(37)38,15-16-13-19(27(29,30)31)22(32)20(28)14-16)34-25(40)35-10-8-18(9-11-35)36-12-7-17-5-3-4-6-21(17)33-24(36)39/h3-6,13-14,18H,2,7-12,15,32H2,1H3,(H,33,39)(H,34,40)(H,37,38)/t26-/m1/s1. The second-order valence-electron chi connectivity index (χ2n) is 10.1. The summed E-state index contributed by atoms with van der Waals surface area (Å²) in [6.45, 7) is 2.61. The van der Waals surface area contributed by atoms with Gasteiger partial charge < -0.3 is 31.3 Å². The largest absolute Gasteiger partial charge is 0.479 e. The number of hydrogen-bond donors (Lipinski definition) is 4. The van der Waals surface area contributed by atoms with Crippen LogP contribution >= 0.6 is 11.6 Å². The molecule has 40 heavy (non-hydrogen) atoms. The minimum atomic E-state index is -4.79. The van der Waals surface area contributed by atoms with Crippen LogP contribution in [-0.4, -0.2) is 64.2 Å². The summed E-state index contributed by atoms with van der Waals surface area (Å²) in [6, 6.07) is 8.59. The van der Waals surface area contributed by atoms with Gasteiger partial charge in [-0.1, -0.05) is 36.7 Å². The number of hydrogen-bond acceptors (Lipinski definition) is 4. The average Bonchev–Trinajstić information content (AvgIpc) is 3.07. The zero-order valence-corrected chi connectivity index (χ0v) is 22.6. The lowest BCUT2D eigenvalue weighted by molar-refractivity contribution is -0.144. The average molecular weight is 582 g/mol. The number of anilines is 2. The van der Waals surface area contributed by atoms with Gasteiger partial charge in [0.25, 0.3) is 0 Å².